The van der Waals surface area contributed by atoms with E-state index in [1.807, 2.05) is 6.07 Å². The molecule has 0 radical (unpaired) electrons. The topological polar surface area (TPSA) is 12.0 Å². The fourth-order valence-corrected chi connectivity index (χ4v) is 2.67. The van der Waals surface area contributed by atoms with Gasteiger partial charge in [0.15, 0.2) is 0 Å². The van der Waals surface area contributed by atoms with Crippen molar-refractivity contribution in [3.8, 4) is 0 Å². The molecule has 0 bridgehead atoms. The molecular weight excluding hydrogens is 213 g/mol. The molecule has 0 aliphatic carbocycles. The normalized spacial score (nSPS) is 22.4. The Hall–Kier alpha value is -0.890. The average molecular weight is 235 g/mol. The molecular formula is C15H22FN. The summed E-state index contributed by atoms with van der Waals surface area (Å²) >= 11 is 0. The van der Waals surface area contributed by atoms with E-state index in [0.29, 0.717) is 6.42 Å². The van der Waals surface area contributed by atoms with E-state index in [0.717, 1.165) is 25.4 Å². The number of hydrogen-bond donors (Lipinski definition) is 1. The van der Waals surface area contributed by atoms with Crippen LogP contribution < -0.4 is 5.32 Å². The van der Waals surface area contributed by atoms with Crippen molar-refractivity contribution >= 4 is 0 Å². The molecule has 0 aromatic heterocycles. The molecule has 0 amide bonds. The summed E-state index contributed by atoms with van der Waals surface area (Å²) in [6.45, 7) is 3.90. The van der Waals surface area contributed by atoms with Gasteiger partial charge in [-0.25, -0.2) is 4.39 Å². The highest BCUT2D eigenvalue weighted by Crippen LogP contribution is 2.20. The van der Waals surface area contributed by atoms with Gasteiger partial charge < -0.3 is 5.32 Å². The van der Waals surface area contributed by atoms with Gasteiger partial charge in [-0.15, -0.1) is 0 Å². The van der Waals surface area contributed by atoms with Crippen LogP contribution in [0, 0.1) is 5.92 Å². The number of nitrogens with one attached hydrogen (secondary N) is 1. The Bertz CT molecular complexity index is 343. The molecule has 1 aliphatic heterocycles. The second-order valence-corrected chi connectivity index (χ2v) is 5.17. The maximum absolute atomic E-state index is 13.1. The highest BCUT2D eigenvalue weighted by Gasteiger charge is 2.15. The molecule has 1 saturated heterocycles. The molecule has 2 heteroatoms. The van der Waals surface area contributed by atoms with E-state index in [9.17, 15) is 4.39 Å². The fourth-order valence-electron chi connectivity index (χ4n) is 2.67. The number of piperidine rings is 1. The Balaban J connectivity index is 2.03. The molecule has 1 aromatic carbocycles. The molecule has 0 saturated carbocycles. The summed E-state index contributed by atoms with van der Waals surface area (Å²) < 4.78 is 13.1. The summed E-state index contributed by atoms with van der Waals surface area (Å²) in [5, 5.41) is 3.44. The van der Waals surface area contributed by atoms with Gasteiger partial charge >= 0.3 is 0 Å². The average Bonchev–Trinajstić information content (AvgIpc) is 2.32. The van der Waals surface area contributed by atoms with Gasteiger partial charge in [-0.3, -0.25) is 0 Å². The minimum atomic E-state index is -0.749. The van der Waals surface area contributed by atoms with Crippen LogP contribution in [0.2, 0.25) is 0 Å². The van der Waals surface area contributed by atoms with Gasteiger partial charge in [0.25, 0.3) is 0 Å². The Morgan fingerprint density at radius 3 is 2.76 bits per heavy atom. The van der Waals surface area contributed by atoms with Crippen LogP contribution in [0.3, 0.4) is 0 Å². The van der Waals surface area contributed by atoms with Crippen LogP contribution in [0.4, 0.5) is 4.39 Å². The lowest BCUT2D eigenvalue weighted by atomic mass is 9.89. The second-order valence-electron chi connectivity index (χ2n) is 5.17. The minimum Gasteiger partial charge on any atom is -0.316 e. The van der Waals surface area contributed by atoms with E-state index in [1.165, 1.54) is 24.0 Å². The molecule has 94 valence electrons. The Morgan fingerprint density at radius 2 is 2.12 bits per heavy atom. The third kappa shape index (κ3) is 3.81. The van der Waals surface area contributed by atoms with Gasteiger partial charge in [0.05, 0.1) is 0 Å². The highest BCUT2D eigenvalue weighted by atomic mass is 19.1. The number of rotatable bonds is 4. The second kappa shape index (κ2) is 6.15. The summed E-state index contributed by atoms with van der Waals surface area (Å²) in [4.78, 5) is 0. The maximum Gasteiger partial charge on any atom is 0.101 e. The van der Waals surface area contributed by atoms with Gasteiger partial charge in [-0.05, 0) is 56.3 Å². The number of hydrogen-bond acceptors (Lipinski definition) is 1. The summed E-state index contributed by atoms with van der Waals surface area (Å²) in [5.41, 5.74) is 2.53. The molecule has 2 atom stereocenters. The Morgan fingerprint density at radius 1 is 1.35 bits per heavy atom. The Labute approximate surface area is 103 Å². The minimum absolute atomic E-state index is 0.552. The van der Waals surface area contributed by atoms with Crippen LogP contribution in [0.5, 0.6) is 0 Å². The quantitative estimate of drug-likeness (QED) is 0.845. The van der Waals surface area contributed by atoms with Gasteiger partial charge in [0, 0.05) is 6.42 Å². The summed E-state index contributed by atoms with van der Waals surface area (Å²) in [7, 11) is 0. The Kier molecular flexibility index (Phi) is 4.55. The predicted octanol–water partition coefficient (Wildman–Crippen LogP) is 3.13. The van der Waals surface area contributed by atoms with Crippen molar-refractivity contribution in [1.82, 2.24) is 5.32 Å². The largest absolute Gasteiger partial charge is 0.316 e. The van der Waals surface area contributed by atoms with E-state index in [2.05, 4.69) is 23.5 Å². The van der Waals surface area contributed by atoms with E-state index in [-0.39, 0.29) is 0 Å². The van der Waals surface area contributed by atoms with Gasteiger partial charge in [-0.1, -0.05) is 24.3 Å². The third-order valence-electron chi connectivity index (χ3n) is 3.53. The van der Waals surface area contributed by atoms with Crippen LogP contribution in [-0.2, 0) is 12.8 Å². The van der Waals surface area contributed by atoms with Crippen molar-refractivity contribution in [3.63, 3.8) is 0 Å². The summed E-state index contributed by atoms with van der Waals surface area (Å²) in [6.07, 6.45) is 3.46. The highest BCUT2D eigenvalue weighted by molar-refractivity contribution is 5.28. The first-order valence-corrected chi connectivity index (χ1v) is 6.67. The smallest absolute Gasteiger partial charge is 0.101 e. The predicted molar refractivity (Wildman–Crippen MR) is 70.0 cm³/mol. The number of halogens is 1. The summed E-state index contributed by atoms with van der Waals surface area (Å²) in [6, 6.07) is 8.31. The molecule has 1 heterocycles. The number of alkyl halides is 1. The molecule has 1 aliphatic rings. The van der Waals surface area contributed by atoms with Gasteiger partial charge in [0.1, 0.15) is 6.17 Å². The van der Waals surface area contributed by atoms with Crippen molar-refractivity contribution in [2.75, 3.05) is 13.1 Å². The van der Waals surface area contributed by atoms with Crippen LogP contribution in [0.15, 0.2) is 24.3 Å². The zero-order valence-corrected chi connectivity index (χ0v) is 10.6. The van der Waals surface area contributed by atoms with Gasteiger partial charge in [-0.2, -0.15) is 0 Å². The lowest BCUT2D eigenvalue weighted by Crippen LogP contribution is -2.31. The van der Waals surface area contributed by atoms with Crippen LogP contribution >= 0.6 is 0 Å². The van der Waals surface area contributed by atoms with Crippen LogP contribution in [0.1, 0.15) is 30.9 Å². The van der Waals surface area contributed by atoms with E-state index >= 15 is 0 Å². The SMILES string of the molecule is CC(F)Cc1ccccc1CC1CCCNC1. The zero-order valence-electron chi connectivity index (χ0n) is 10.6. The molecule has 2 unspecified atom stereocenters. The van der Waals surface area contributed by atoms with E-state index in [1.54, 1.807) is 6.92 Å². The zero-order chi connectivity index (χ0) is 12.1. The molecule has 1 aromatic rings. The van der Waals surface area contributed by atoms with Crippen molar-refractivity contribution in [1.29, 1.82) is 0 Å². The van der Waals surface area contributed by atoms with Crippen molar-refractivity contribution in [3.05, 3.63) is 35.4 Å². The van der Waals surface area contributed by atoms with Crippen LogP contribution in [0.25, 0.3) is 0 Å². The van der Waals surface area contributed by atoms with E-state index in [4.69, 9.17) is 0 Å². The van der Waals surface area contributed by atoms with Crippen LogP contribution in [-0.4, -0.2) is 19.3 Å². The number of benzene rings is 1. The standard InChI is InChI=1S/C15H22FN/c1-12(16)9-14-6-2-3-7-15(14)10-13-5-4-8-17-11-13/h2-3,6-7,12-13,17H,4-5,8-11H2,1H3. The van der Waals surface area contributed by atoms with E-state index < -0.39 is 6.17 Å². The first kappa shape index (κ1) is 12.6. The molecule has 17 heavy (non-hydrogen) atoms. The molecule has 1 N–H and O–H groups in total. The lowest BCUT2D eigenvalue weighted by Gasteiger charge is -2.23. The van der Waals surface area contributed by atoms with Crippen molar-refractivity contribution in [2.45, 2.75) is 38.8 Å². The molecule has 1 fully saturated rings. The third-order valence-corrected chi connectivity index (χ3v) is 3.53. The lowest BCUT2D eigenvalue weighted by molar-refractivity contribution is 0.355. The molecule has 0 spiro atoms. The maximum atomic E-state index is 13.1. The molecule has 2 rings (SSSR count). The fraction of sp³-hybridized carbons (Fsp3) is 0.600. The monoisotopic (exact) mass is 235 g/mol. The first-order chi connectivity index (χ1) is 8.25. The van der Waals surface area contributed by atoms with Crippen molar-refractivity contribution < 1.29 is 4.39 Å². The summed E-state index contributed by atoms with van der Waals surface area (Å²) in [5.74, 6) is 0.722. The first-order valence-electron chi connectivity index (χ1n) is 6.67. The molecule has 1 nitrogen and oxygen atoms in total. The van der Waals surface area contributed by atoms with Gasteiger partial charge in [0.2, 0.25) is 0 Å². The van der Waals surface area contributed by atoms with Crippen molar-refractivity contribution in [2.24, 2.45) is 5.92 Å².